The van der Waals surface area contributed by atoms with E-state index < -0.39 is 0 Å². The second kappa shape index (κ2) is 4.60. The fourth-order valence-corrected chi connectivity index (χ4v) is 1.51. The number of hydrogen-bond acceptors (Lipinski definition) is 2. The van der Waals surface area contributed by atoms with Gasteiger partial charge in [-0.1, -0.05) is 0 Å². The van der Waals surface area contributed by atoms with Crippen LogP contribution in [0.5, 0.6) is 0 Å². The maximum atomic E-state index is 12.2. The van der Waals surface area contributed by atoms with Crippen LogP contribution in [0.15, 0.2) is 12.3 Å². The van der Waals surface area contributed by atoms with Gasteiger partial charge in [0.15, 0.2) is 0 Å². The van der Waals surface area contributed by atoms with Gasteiger partial charge >= 0.3 is 0 Å². The van der Waals surface area contributed by atoms with E-state index >= 15 is 0 Å². The summed E-state index contributed by atoms with van der Waals surface area (Å²) in [6.07, 6.45) is 1.81. The fourth-order valence-electron chi connectivity index (χ4n) is 1.51. The maximum absolute atomic E-state index is 12.2. The first-order chi connectivity index (χ1) is 7.34. The Kier molecular flexibility index (Phi) is 3.62. The molecule has 0 radical (unpaired) electrons. The molecule has 16 heavy (non-hydrogen) atoms. The van der Waals surface area contributed by atoms with Crippen molar-refractivity contribution in [1.82, 2.24) is 9.47 Å². The Morgan fingerprint density at radius 1 is 1.38 bits per heavy atom. The molecule has 0 fully saturated rings. The summed E-state index contributed by atoms with van der Waals surface area (Å²) in [5, 5.41) is 0. The number of nitrogens with two attached hydrogens (primary N) is 1. The molecule has 1 heterocycles. The SMILES string of the molecule is CC(C)N(C)C(=O)c1cc(N)cn1C(C)C. The zero-order valence-corrected chi connectivity index (χ0v) is 10.7. The Morgan fingerprint density at radius 2 is 1.94 bits per heavy atom. The van der Waals surface area contributed by atoms with Crippen molar-refractivity contribution in [2.45, 2.75) is 39.8 Å². The summed E-state index contributed by atoms with van der Waals surface area (Å²) >= 11 is 0. The molecule has 0 atom stereocenters. The van der Waals surface area contributed by atoms with E-state index in [1.54, 1.807) is 18.0 Å². The molecule has 0 unspecified atom stereocenters. The van der Waals surface area contributed by atoms with Gasteiger partial charge in [0, 0.05) is 25.3 Å². The smallest absolute Gasteiger partial charge is 0.270 e. The third-order valence-corrected chi connectivity index (χ3v) is 2.74. The lowest BCUT2D eigenvalue weighted by molar-refractivity contribution is 0.0742. The minimum atomic E-state index is 0.0143. The molecule has 0 aliphatic heterocycles. The first-order valence-corrected chi connectivity index (χ1v) is 5.59. The van der Waals surface area contributed by atoms with Gasteiger partial charge in [-0.2, -0.15) is 0 Å². The highest BCUT2D eigenvalue weighted by atomic mass is 16.2. The van der Waals surface area contributed by atoms with E-state index in [-0.39, 0.29) is 18.0 Å². The molecule has 4 heteroatoms. The van der Waals surface area contributed by atoms with Crippen LogP contribution in [0.2, 0.25) is 0 Å². The highest BCUT2D eigenvalue weighted by Gasteiger charge is 2.19. The molecule has 0 spiro atoms. The minimum Gasteiger partial charge on any atom is -0.397 e. The van der Waals surface area contributed by atoms with E-state index in [9.17, 15) is 4.79 Å². The Hall–Kier alpha value is -1.45. The van der Waals surface area contributed by atoms with Gasteiger partial charge in [0.25, 0.3) is 5.91 Å². The van der Waals surface area contributed by atoms with Crippen molar-refractivity contribution in [3.05, 3.63) is 18.0 Å². The van der Waals surface area contributed by atoms with Gasteiger partial charge in [0.05, 0.1) is 5.69 Å². The Balaban J connectivity index is 3.08. The van der Waals surface area contributed by atoms with E-state index in [4.69, 9.17) is 5.73 Å². The lowest BCUT2D eigenvalue weighted by Crippen LogP contribution is -2.34. The topological polar surface area (TPSA) is 51.3 Å². The summed E-state index contributed by atoms with van der Waals surface area (Å²) in [5.41, 5.74) is 7.03. The lowest BCUT2D eigenvalue weighted by Gasteiger charge is -2.23. The molecule has 90 valence electrons. The summed E-state index contributed by atoms with van der Waals surface area (Å²) in [5.74, 6) is 0.0143. The summed E-state index contributed by atoms with van der Waals surface area (Å²) in [4.78, 5) is 13.9. The van der Waals surface area contributed by atoms with Crippen LogP contribution >= 0.6 is 0 Å². The Bertz CT molecular complexity index is 380. The van der Waals surface area contributed by atoms with Crippen LogP contribution in [0.25, 0.3) is 0 Å². The largest absolute Gasteiger partial charge is 0.397 e. The van der Waals surface area contributed by atoms with Gasteiger partial charge in [-0.15, -0.1) is 0 Å². The molecule has 0 saturated carbocycles. The number of amides is 1. The first kappa shape index (κ1) is 12.6. The Labute approximate surface area is 97.0 Å². The molecular weight excluding hydrogens is 202 g/mol. The van der Waals surface area contributed by atoms with Crippen LogP contribution in [-0.2, 0) is 0 Å². The van der Waals surface area contributed by atoms with Crippen LogP contribution in [0.1, 0.15) is 44.2 Å². The van der Waals surface area contributed by atoms with Crippen LogP contribution in [0.4, 0.5) is 5.69 Å². The molecule has 0 bridgehead atoms. The number of anilines is 1. The standard InChI is InChI=1S/C12H21N3O/c1-8(2)14(5)12(16)11-6-10(13)7-15(11)9(3)4/h6-9H,13H2,1-5H3. The molecule has 0 aliphatic rings. The van der Waals surface area contributed by atoms with Crippen molar-refractivity contribution >= 4 is 11.6 Å². The molecule has 0 aromatic carbocycles. The lowest BCUT2D eigenvalue weighted by atomic mass is 10.2. The molecule has 4 nitrogen and oxygen atoms in total. The third-order valence-electron chi connectivity index (χ3n) is 2.74. The van der Waals surface area contributed by atoms with Gasteiger partial charge in [0.1, 0.15) is 5.69 Å². The normalized spacial score (nSPS) is 11.2. The number of nitrogens with zero attached hydrogens (tertiary/aromatic N) is 2. The predicted molar refractivity (Wildman–Crippen MR) is 66.5 cm³/mol. The van der Waals surface area contributed by atoms with Crippen LogP contribution in [0, 0.1) is 0 Å². The number of carbonyl (C=O) groups excluding carboxylic acids is 1. The number of nitrogen functional groups attached to an aromatic ring is 1. The average Bonchev–Trinajstić information content (AvgIpc) is 2.58. The molecule has 0 aliphatic carbocycles. The van der Waals surface area contributed by atoms with Crippen LogP contribution in [0.3, 0.4) is 0 Å². The second-order valence-corrected chi connectivity index (χ2v) is 4.67. The van der Waals surface area contributed by atoms with Gasteiger partial charge < -0.3 is 15.2 Å². The summed E-state index contributed by atoms with van der Waals surface area (Å²) in [6, 6.07) is 2.15. The van der Waals surface area contributed by atoms with Crippen molar-refractivity contribution in [2.24, 2.45) is 0 Å². The first-order valence-electron chi connectivity index (χ1n) is 5.59. The molecule has 2 N–H and O–H groups in total. The maximum Gasteiger partial charge on any atom is 0.270 e. The quantitative estimate of drug-likeness (QED) is 0.853. The number of carbonyl (C=O) groups is 1. The van der Waals surface area contributed by atoms with Crippen LogP contribution in [-0.4, -0.2) is 28.5 Å². The van der Waals surface area contributed by atoms with Gasteiger partial charge in [0.2, 0.25) is 0 Å². The van der Waals surface area contributed by atoms with E-state index in [0.717, 1.165) is 0 Å². The van der Waals surface area contributed by atoms with Crippen molar-refractivity contribution in [3.8, 4) is 0 Å². The average molecular weight is 223 g/mol. The van der Waals surface area contributed by atoms with Crippen LogP contribution < -0.4 is 5.73 Å². The summed E-state index contributed by atoms with van der Waals surface area (Å²) in [7, 11) is 1.81. The molecule has 1 aromatic heterocycles. The molecule has 1 rings (SSSR count). The zero-order valence-electron chi connectivity index (χ0n) is 10.7. The fraction of sp³-hybridized carbons (Fsp3) is 0.583. The summed E-state index contributed by atoms with van der Waals surface area (Å²) < 4.78 is 1.91. The van der Waals surface area contributed by atoms with Crippen molar-refractivity contribution < 1.29 is 4.79 Å². The predicted octanol–water partition coefficient (Wildman–Crippen LogP) is 2.13. The van der Waals surface area contributed by atoms with Gasteiger partial charge in [-0.05, 0) is 33.8 Å². The molecule has 1 amide bonds. The minimum absolute atomic E-state index is 0.0143. The zero-order chi connectivity index (χ0) is 12.5. The molecule has 1 aromatic rings. The Morgan fingerprint density at radius 3 is 2.38 bits per heavy atom. The monoisotopic (exact) mass is 223 g/mol. The van der Waals surface area contributed by atoms with Gasteiger partial charge in [-0.25, -0.2) is 0 Å². The van der Waals surface area contributed by atoms with E-state index in [1.165, 1.54) is 0 Å². The highest BCUT2D eigenvalue weighted by molar-refractivity contribution is 5.93. The third kappa shape index (κ3) is 2.38. The van der Waals surface area contributed by atoms with E-state index in [0.29, 0.717) is 11.4 Å². The number of aromatic nitrogens is 1. The van der Waals surface area contributed by atoms with E-state index in [1.807, 2.05) is 38.5 Å². The van der Waals surface area contributed by atoms with Gasteiger partial charge in [-0.3, -0.25) is 4.79 Å². The van der Waals surface area contributed by atoms with Crippen molar-refractivity contribution in [2.75, 3.05) is 12.8 Å². The summed E-state index contributed by atoms with van der Waals surface area (Å²) in [6.45, 7) is 8.05. The van der Waals surface area contributed by atoms with E-state index in [2.05, 4.69) is 0 Å². The molecular formula is C12H21N3O. The molecule has 0 saturated heterocycles. The number of rotatable bonds is 3. The van der Waals surface area contributed by atoms with Crippen molar-refractivity contribution in [3.63, 3.8) is 0 Å². The highest BCUT2D eigenvalue weighted by Crippen LogP contribution is 2.18. The van der Waals surface area contributed by atoms with Crippen molar-refractivity contribution in [1.29, 1.82) is 0 Å². The number of hydrogen-bond donors (Lipinski definition) is 1. The second-order valence-electron chi connectivity index (χ2n) is 4.67.